The molecule has 0 radical (unpaired) electrons. The third-order valence-corrected chi connectivity index (χ3v) is 3.06. The predicted octanol–water partition coefficient (Wildman–Crippen LogP) is 2.59. The smallest absolute Gasteiger partial charge is 0.230 e. The number of para-hydroxylation sites is 1. The van der Waals surface area contributed by atoms with Gasteiger partial charge in [-0.1, -0.05) is 36.4 Å². The van der Waals surface area contributed by atoms with E-state index in [9.17, 15) is 9.18 Å². The van der Waals surface area contributed by atoms with Crippen molar-refractivity contribution < 1.29 is 9.18 Å². The molecule has 0 aliphatic heterocycles. The van der Waals surface area contributed by atoms with Gasteiger partial charge in [0.25, 0.3) is 0 Å². The first-order valence-corrected chi connectivity index (χ1v) is 6.73. The molecule has 0 unspecified atom stereocenters. The van der Waals surface area contributed by atoms with E-state index >= 15 is 0 Å². The van der Waals surface area contributed by atoms with Gasteiger partial charge < -0.3 is 5.32 Å². The van der Waals surface area contributed by atoms with Crippen molar-refractivity contribution in [3.8, 4) is 5.69 Å². The van der Waals surface area contributed by atoms with Crippen molar-refractivity contribution in [1.82, 2.24) is 15.0 Å². The van der Waals surface area contributed by atoms with Crippen molar-refractivity contribution in [2.24, 2.45) is 0 Å². The molecule has 1 amide bonds. The lowest BCUT2D eigenvalue weighted by Crippen LogP contribution is -2.15. The minimum Gasteiger partial charge on any atom is -0.308 e. The minimum atomic E-state index is -0.398. The summed E-state index contributed by atoms with van der Waals surface area (Å²) in [6.07, 6.45) is 1.40. The number of carbonyl (C=O) groups is 1. The Labute approximate surface area is 126 Å². The van der Waals surface area contributed by atoms with Gasteiger partial charge in [0.2, 0.25) is 5.91 Å². The number of amides is 1. The zero-order valence-corrected chi connectivity index (χ0v) is 11.6. The van der Waals surface area contributed by atoms with Crippen LogP contribution in [0.2, 0.25) is 0 Å². The average Bonchev–Trinajstić information content (AvgIpc) is 2.99. The SMILES string of the molecule is O=C(Cc1ccccc1F)Nc1cnn(-c2ccccc2)n1. The number of benzene rings is 2. The van der Waals surface area contributed by atoms with Gasteiger partial charge in [-0.3, -0.25) is 4.79 Å². The standard InChI is InChI=1S/C16H13FN4O/c17-14-9-5-4-6-12(14)10-16(22)19-15-11-18-21(20-15)13-7-2-1-3-8-13/h1-9,11H,10H2,(H,19,20,22). The topological polar surface area (TPSA) is 59.8 Å². The molecule has 5 nitrogen and oxygen atoms in total. The van der Waals surface area contributed by atoms with Gasteiger partial charge in [0.15, 0.2) is 5.82 Å². The van der Waals surface area contributed by atoms with Crippen molar-refractivity contribution in [2.45, 2.75) is 6.42 Å². The number of hydrogen-bond donors (Lipinski definition) is 1. The summed E-state index contributed by atoms with van der Waals surface area (Å²) in [4.78, 5) is 13.3. The van der Waals surface area contributed by atoms with E-state index in [0.717, 1.165) is 5.69 Å². The molecule has 0 aliphatic carbocycles. The number of carbonyl (C=O) groups excluding carboxylic acids is 1. The van der Waals surface area contributed by atoms with Crippen LogP contribution in [-0.4, -0.2) is 20.9 Å². The highest BCUT2D eigenvalue weighted by Crippen LogP contribution is 2.10. The third kappa shape index (κ3) is 3.17. The fourth-order valence-electron chi connectivity index (χ4n) is 2.01. The number of aromatic nitrogens is 3. The highest BCUT2D eigenvalue weighted by molar-refractivity contribution is 5.91. The van der Waals surface area contributed by atoms with E-state index in [-0.39, 0.29) is 12.3 Å². The van der Waals surface area contributed by atoms with Crippen LogP contribution in [0.1, 0.15) is 5.56 Å². The molecule has 3 rings (SSSR count). The van der Waals surface area contributed by atoms with Gasteiger partial charge in [0.05, 0.1) is 18.3 Å². The molecule has 1 aromatic heterocycles. The Balaban J connectivity index is 1.68. The summed E-state index contributed by atoms with van der Waals surface area (Å²) in [6, 6.07) is 15.5. The van der Waals surface area contributed by atoms with Crippen LogP contribution in [0.25, 0.3) is 5.69 Å². The second-order valence-corrected chi connectivity index (χ2v) is 4.67. The molecule has 6 heteroatoms. The van der Waals surface area contributed by atoms with Gasteiger partial charge in [-0.2, -0.15) is 5.10 Å². The number of rotatable bonds is 4. The molecule has 0 bridgehead atoms. The first-order valence-electron chi connectivity index (χ1n) is 6.73. The lowest BCUT2D eigenvalue weighted by Gasteiger charge is -2.03. The molecular formula is C16H13FN4O. The van der Waals surface area contributed by atoms with E-state index in [2.05, 4.69) is 15.5 Å². The number of halogens is 1. The van der Waals surface area contributed by atoms with Crippen LogP contribution in [-0.2, 0) is 11.2 Å². The van der Waals surface area contributed by atoms with Crippen LogP contribution < -0.4 is 5.32 Å². The Hall–Kier alpha value is -3.02. The monoisotopic (exact) mass is 296 g/mol. The third-order valence-electron chi connectivity index (χ3n) is 3.06. The summed E-state index contributed by atoms with van der Waals surface area (Å²) >= 11 is 0. The molecule has 22 heavy (non-hydrogen) atoms. The predicted molar refractivity (Wildman–Crippen MR) is 80.1 cm³/mol. The minimum absolute atomic E-state index is 0.0507. The number of nitrogens with one attached hydrogen (secondary N) is 1. The van der Waals surface area contributed by atoms with Crippen molar-refractivity contribution in [1.29, 1.82) is 0 Å². The second-order valence-electron chi connectivity index (χ2n) is 4.67. The van der Waals surface area contributed by atoms with E-state index in [1.807, 2.05) is 30.3 Å². The molecule has 1 heterocycles. The van der Waals surface area contributed by atoms with Crippen LogP contribution in [0.4, 0.5) is 10.2 Å². The van der Waals surface area contributed by atoms with Crippen molar-refractivity contribution in [2.75, 3.05) is 5.32 Å². The van der Waals surface area contributed by atoms with Crippen LogP contribution in [0.5, 0.6) is 0 Å². The quantitative estimate of drug-likeness (QED) is 0.805. The molecular weight excluding hydrogens is 283 g/mol. The maximum Gasteiger partial charge on any atom is 0.230 e. The Kier molecular flexibility index (Phi) is 3.91. The highest BCUT2D eigenvalue weighted by Gasteiger charge is 2.10. The van der Waals surface area contributed by atoms with E-state index in [0.29, 0.717) is 11.4 Å². The van der Waals surface area contributed by atoms with Gasteiger partial charge in [-0.15, -0.1) is 9.90 Å². The van der Waals surface area contributed by atoms with Crippen LogP contribution in [0, 0.1) is 5.82 Å². The molecule has 0 atom stereocenters. The van der Waals surface area contributed by atoms with Crippen molar-refractivity contribution >= 4 is 11.7 Å². The molecule has 2 aromatic carbocycles. The Morgan fingerprint density at radius 1 is 1.09 bits per heavy atom. The Morgan fingerprint density at radius 2 is 1.82 bits per heavy atom. The van der Waals surface area contributed by atoms with Gasteiger partial charge in [0, 0.05) is 0 Å². The molecule has 0 aliphatic rings. The van der Waals surface area contributed by atoms with Crippen molar-refractivity contribution in [3.63, 3.8) is 0 Å². The fourth-order valence-corrected chi connectivity index (χ4v) is 2.01. The van der Waals surface area contributed by atoms with E-state index < -0.39 is 5.82 Å². The van der Waals surface area contributed by atoms with E-state index in [1.54, 1.807) is 18.2 Å². The summed E-state index contributed by atoms with van der Waals surface area (Å²) in [7, 11) is 0. The molecule has 0 spiro atoms. The lowest BCUT2D eigenvalue weighted by molar-refractivity contribution is -0.115. The zero-order chi connectivity index (χ0) is 15.4. The normalized spacial score (nSPS) is 10.4. The summed E-state index contributed by atoms with van der Waals surface area (Å²) in [5.74, 6) is -0.416. The maximum absolute atomic E-state index is 13.5. The largest absolute Gasteiger partial charge is 0.308 e. The first-order chi connectivity index (χ1) is 10.7. The average molecular weight is 296 g/mol. The van der Waals surface area contributed by atoms with E-state index in [4.69, 9.17) is 0 Å². The van der Waals surface area contributed by atoms with Gasteiger partial charge in [-0.25, -0.2) is 4.39 Å². The fraction of sp³-hybridized carbons (Fsp3) is 0.0625. The summed E-state index contributed by atoms with van der Waals surface area (Å²) in [6.45, 7) is 0. The van der Waals surface area contributed by atoms with Crippen LogP contribution in [0.3, 0.4) is 0 Å². The summed E-state index contributed by atoms with van der Waals surface area (Å²) < 4.78 is 13.5. The van der Waals surface area contributed by atoms with Crippen LogP contribution in [0.15, 0.2) is 60.8 Å². The lowest BCUT2D eigenvalue weighted by atomic mass is 10.1. The molecule has 110 valence electrons. The number of hydrogen-bond acceptors (Lipinski definition) is 3. The van der Waals surface area contributed by atoms with E-state index in [1.165, 1.54) is 17.1 Å². The first kappa shape index (κ1) is 13.9. The summed E-state index contributed by atoms with van der Waals surface area (Å²) in [5, 5.41) is 10.9. The van der Waals surface area contributed by atoms with Crippen LogP contribution >= 0.6 is 0 Å². The van der Waals surface area contributed by atoms with Gasteiger partial charge in [-0.05, 0) is 23.8 Å². The highest BCUT2D eigenvalue weighted by atomic mass is 19.1. The summed E-state index contributed by atoms with van der Waals surface area (Å²) in [5.41, 5.74) is 1.13. The van der Waals surface area contributed by atoms with Gasteiger partial charge in [0.1, 0.15) is 5.82 Å². The number of nitrogens with zero attached hydrogens (tertiary/aromatic N) is 3. The molecule has 0 saturated carbocycles. The number of anilines is 1. The second kappa shape index (κ2) is 6.17. The van der Waals surface area contributed by atoms with Gasteiger partial charge >= 0.3 is 0 Å². The van der Waals surface area contributed by atoms with Crippen molar-refractivity contribution in [3.05, 3.63) is 72.2 Å². The maximum atomic E-state index is 13.5. The molecule has 3 aromatic rings. The Bertz CT molecular complexity index is 786. The molecule has 0 saturated heterocycles. The molecule has 1 N–H and O–H groups in total. The Morgan fingerprint density at radius 3 is 2.59 bits per heavy atom. The zero-order valence-electron chi connectivity index (χ0n) is 11.6. The molecule has 0 fully saturated rings.